The Kier molecular flexibility index (Phi) is 5.26. The van der Waals surface area contributed by atoms with Gasteiger partial charge in [-0.3, -0.25) is 13.9 Å². The van der Waals surface area contributed by atoms with E-state index in [-0.39, 0.29) is 17.4 Å². The third-order valence-electron chi connectivity index (χ3n) is 3.80. The number of nitrogens with zero attached hydrogens (tertiary/aromatic N) is 3. The van der Waals surface area contributed by atoms with Crippen LogP contribution in [0.4, 0.5) is 5.82 Å². The zero-order valence-electron chi connectivity index (χ0n) is 14.1. The standard InChI is InChI=1S/C16H20N4O4/c1-10-5-6-13(24-10)12(7-8-23-4)18-14-11(9-17)15(21)20(3)16(22)19(14)2/h5-6,12,18H,7-8H2,1-4H3/t12-/m0/s1. The smallest absolute Gasteiger partial charge is 0.332 e. The largest absolute Gasteiger partial charge is 0.464 e. The number of methoxy groups -OCH3 is 1. The van der Waals surface area contributed by atoms with E-state index in [1.54, 1.807) is 7.11 Å². The summed E-state index contributed by atoms with van der Waals surface area (Å²) in [4.78, 5) is 24.3. The number of nitrogens with one attached hydrogen (secondary N) is 1. The molecule has 2 aromatic rings. The number of ether oxygens (including phenoxy) is 1. The molecule has 0 bridgehead atoms. The summed E-state index contributed by atoms with van der Waals surface area (Å²) in [6.07, 6.45) is 0.539. The Bertz CT molecular complexity index is 885. The van der Waals surface area contributed by atoms with Crippen LogP contribution >= 0.6 is 0 Å². The van der Waals surface area contributed by atoms with Crippen molar-refractivity contribution < 1.29 is 9.15 Å². The molecule has 128 valence electrons. The van der Waals surface area contributed by atoms with E-state index in [9.17, 15) is 14.9 Å². The number of anilines is 1. The van der Waals surface area contributed by atoms with E-state index in [1.807, 2.05) is 25.1 Å². The molecule has 2 heterocycles. The van der Waals surface area contributed by atoms with Crippen LogP contribution in [0, 0.1) is 18.3 Å². The van der Waals surface area contributed by atoms with Crippen LogP contribution in [0.5, 0.6) is 0 Å². The van der Waals surface area contributed by atoms with Crippen LogP contribution < -0.4 is 16.6 Å². The quantitative estimate of drug-likeness (QED) is 0.848. The Balaban J connectivity index is 2.52. The van der Waals surface area contributed by atoms with Crippen LogP contribution in [0.25, 0.3) is 0 Å². The number of hydrogen-bond donors (Lipinski definition) is 1. The number of hydrogen-bond acceptors (Lipinski definition) is 6. The van der Waals surface area contributed by atoms with Crippen molar-refractivity contribution in [1.82, 2.24) is 9.13 Å². The molecule has 0 saturated heterocycles. The molecule has 1 N–H and O–H groups in total. The van der Waals surface area contributed by atoms with Crippen molar-refractivity contribution in [2.45, 2.75) is 19.4 Å². The molecule has 1 atom stereocenters. The summed E-state index contributed by atoms with van der Waals surface area (Å²) in [7, 11) is 4.43. The Labute approximate surface area is 138 Å². The summed E-state index contributed by atoms with van der Waals surface area (Å²) in [5, 5.41) is 12.4. The second-order valence-corrected chi connectivity index (χ2v) is 5.47. The fraction of sp³-hybridized carbons (Fsp3) is 0.438. The van der Waals surface area contributed by atoms with Gasteiger partial charge in [-0.2, -0.15) is 5.26 Å². The van der Waals surface area contributed by atoms with Gasteiger partial charge in [0.2, 0.25) is 0 Å². The first-order chi connectivity index (χ1) is 11.4. The number of nitriles is 1. The molecule has 2 aromatic heterocycles. The molecule has 0 aliphatic carbocycles. The maximum absolute atomic E-state index is 12.2. The fourth-order valence-corrected chi connectivity index (χ4v) is 2.44. The lowest BCUT2D eigenvalue weighted by Crippen LogP contribution is -2.40. The number of furan rings is 1. The first-order valence-corrected chi connectivity index (χ1v) is 7.42. The van der Waals surface area contributed by atoms with Gasteiger partial charge in [-0.05, 0) is 25.5 Å². The lowest BCUT2D eigenvalue weighted by Gasteiger charge is -2.20. The summed E-state index contributed by atoms with van der Waals surface area (Å²) >= 11 is 0. The average molecular weight is 332 g/mol. The van der Waals surface area contributed by atoms with E-state index in [0.717, 1.165) is 10.3 Å². The van der Waals surface area contributed by atoms with E-state index >= 15 is 0 Å². The molecule has 0 spiro atoms. The molecule has 0 fully saturated rings. The van der Waals surface area contributed by atoms with E-state index in [4.69, 9.17) is 9.15 Å². The molecule has 0 saturated carbocycles. The molecule has 8 heteroatoms. The van der Waals surface area contributed by atoms with Gasteiger partial charge in [0.1, 0.15) is 23.4 Å². The van der Waals surface area contributed by atoms with Gasteiger partial charge in [0.25, 0.3) is 5.56 Å². The molecule has 8 nitrogen and oxygen atoms in total. The Hall–Kier alpha value is -2.79. The average Bonchev–Trinajstić information content (AvgIpc) is 3.00. The van der Waals surface area contributed by atoms with E-state index in [1.165, 1.54) is 18.7 Å². The highest BCUT2D eigenvalue weighted by Gasteiger charge is 2.21. The summed E-state index contributed by atoms with van der Waals surface area (Å²) in [6, 6.07) is 5.17. The molecule has 0 aliphatic heterocycles. The molecular formula is C16H20N4O4. The number of aryl methyl sites for hydroxylation is 1. The zero-order valence-corrected chi connectivity index (χ0v) is 14.1. The van der Waals surface area contributed by atoms with Crippen LogP contribution in [-0.2, 0) is 18.8 Å². The lowest BCUT2D eigenvalue weighted by atomic mass is 10.1. The van der Waals surface area contributed by atoms with Gasteiger partial charge in [-0.25, -0.2) is 4.79 Å². The van der Waals surface area contributed by atoms with Crippen molar-refractivity contribution in [2.24, 2.45) is 14.1 Å². The third kappa shape index (κ3) is 3.26. The highest BCUT2D eigenvalue weighted by molar-refractivity contribution is 5.52. The maximum atomic E-state index is 12.2. The lowest BCUT2D eigenvalue weighted by molar-refractivity contribution is 0.187. The van der Waals surface area contributed by atoms with Gasteiger partial charge in [0.15, 0.2) is 5.56 Å². The molecule has 0 amide bonds. The molecule has 0 unspecified atom stereocenters. The molecule has 0 radical (unpaired) electrons. The Morgan fingerprint density at radius 2 is 2.04 bits per heavy atom. The minimum atomic E-state index is -0.635. The van der Waals surface area contributed by atoms with E-state index in [0.29, 0.717) is 18.8 Å². The van der Waals surface area contributed by atoms with Crippen molar-refractivity contribution in [2.75, 3.05) is 19.0 Å². The summed E-state index contributed by atoms with van der Waals surface area (Å²) < 4.78 is 12.9. The zero-order chi connectivity index (χ0) is 17.9. The maximum Gasteiger partial charge on any atom is 0.332 e. The Morgan fingerprint density at radius 3 is 2.58 bits per heavy atom. The van der Waals surface area contributed by atoms with Gasteiger partial charge in [-0.15, -0.1) is 0 Å². The Morgan fingerprint density at radius 1 is 1.33 bits per heavy atom. The van der Waals surface area contributed by atoms with E-state index < -0.39 is 11.2 Å². The summed E-state index contributed by atoms with van der Waals surface area (Å²) in [6.45, 7) is 2.27. The van der Waals surface area contributed by atoms with Gasteiger partial charge in [0, 0.05) is 27.8 Å². The monoisotopic (exact) mass is 332 g/mol. The van der Waals surface area contributed by atoms with Crippen LogP contribution in [0.2, 0.25) is 0 Å². The normalized spacial score (nSPS) is 12.0. The highest BCUT2D eigenvalue weighted by atomic mass is 16.5. The molecule has 0 aromatic carbocycles. The SMILES string of the molecule is COCC[C@H](Nc1c(C#N)c(=O)n(C)c(=O)n1C)c1ccc(C)o1. The first-order valence-electron chi connectivity index (χ1n) is 7.42. The van der Waals surface area contributed by atoms with Crippen molar-refractivity contribution in [3.63, 3.8) is 0 Å². The van der Waals surface area contributed by atoms with Gasteiger partial charge >= 0.3 is 5.69 Å². The predicted molar refractivity (Wildman–Crippen MR) is 87.9 cm³/mol. The third-order valence-corrected chi connectivity index (χ3v) is 3.80. The molecular weight excluding hydrogens is 312 g/mol. The topological polar surface area (TPSA) is 102 Å². The number of rotatable bonds is 6. The predicted octanol–water partition coefficient (Wildman–Crippen LogP) is 1.05. The van der Waals surface area contributed by atoms with Gasteiger partial charge < -0.3 is 14.5 Å². The molecule has 24 heavy (non-hydrogen) atoms. The summed E-state index contributed by atoms with van der Waals surface area (Å²) in [5.41, 5.74) is -1.27. The fourth-order valence-electron chi connectivity index (χ4n) is 2.44. The van der Waals surface area contributed by atoms with Crippen LogP contribution in [0.3, 0.4) is 0 Å². The van der Waals surface area contributed by atoms with Crippen molar-refractivity contribution in [3.8, 4) is 6.07 Å². The number of aromatic nitrogens is 2. The first kappa shape index (κ1) is 17.6. The highest BCUT2D eigenvalue weighted by Crippen LogP contribution is 2.24. The van der Waals surface area contributed by atoms with Crippen molar-refractivity contribution in [1.29, 1.82) is 5.26 Å². The second-order valence-electron chi connectivity index (χ2n) is 5.47. The van der Waals surface area contributed by atoms with Crippen molar-refractivity contribution >= 4 is 5.82 Å². The van der Waals surface area contributed by atoms with Crippen molar-refractivity contribution in [3.05, 3.63) is 50.1 Å². The molecule has 0 aliphatic rings. The van der Waals surface area contributed by atoms with Gasteiger partial charge in [0.05, 0.1) is 6.04 Å². The minimum Gasteiger partial charge on any atom is -0.464 e. The van der Waals surface area contributed by atoms with Crippen LogP contribution in [-0.4, -0.2) is 22.9 Å². The summed E-state index contributed by atoms with van der Waals surface area (Å²) in [5.74, 6) is 1.55. The minimum absolute atomic E-state index is 0.120. The van der Waals surface area contributed by atoms with Crippen LogP contribution in [0.1, 0.15) is 29.5 Å². The molecule has 2 rings (SSSR count). The van der Waals surface area contributed by atoms with E-state index in [2.05, 4.69) is 5.32 Å². The van der Waals surface area contributed by atoms with Gasteiger partial charge in [-0.1, -0.05) is 0 Å². The second kappa shape index (κ2) is 7.19. The van der Waals surface area contributed by atoms with Crippen LogP contribution in [0.15, 0.2) is 26.1 Å².